The third-order valence-electron chi connectivity index (χ3n) is 4.89. The number of hydrogen-bond acceptors (Lipinski definition) is 5. The molecule has 0 aliphatic carbocycles. The highest BCUT2D eigenvalue weighted by molar-refractivity contribution is 7.88. The molecule has 1 amide bonds. The minimum atomic E-state index is -3.15. The van der Waals surface area contributed by atoms with Crippen molar-refractivity contribution in [3.8, 4) is 0 Å². The number of hydrogen-bond donors (Lipinski definition) is 1. The standard InChI is InChI=1S/C17H29N3O3S2/c1-4-19(5-2)15(16-7-6-12-24-16)13-18-17(21)14-8-10-20(11-9-14)25(3,22)23/h6-7,12,14-15H,4-5,8-11,13H2,1-3H3,(H,18,21). The molecule has 1 N–H and O–H groups in total. The molecule has 0 aromatic carbocycles. The van der Waals surface area contributed by atoms with Gasteiger partial charge in [0.2, 0.25) is 15.9 Å². The van der Waals surface area contributed by atoms with Crippen LogP contribution in [0.4, 0.5) is 0 Å². The molecule has 1 aliphatic rings. The smallest absolute Gasteiger partial charge is 0.223 e. The van der Waals surface area contributed by atoms with Gasteiger partial charge in [0, 0.05) is 30.4 Å². The van der Waals surface area contributed by atoms with Crippen LogP contribution in [0.2, 0.25) is 0 Å². The lowest BCUT2D eigenvalue weighted by Crippen LogP contribution is -2.44. The van der Waals surface area contributed by atoms with Crippen molar-refractivity contribution in [3.63, 3.8) is 0 Å². The van der Waals surface area contributed by atoms with E-state index in [0.29, 0.717) is 32.5 Å². The van der Waals surface area contributed by atoms with Crippen LogP contribution in [-0.2, 0) is 14.8 Å². The van der Waals surface area contributed by atoms with E-state index in [4.69, 9.17) is 0 Å². The molecule has 2 rings (SSSR count). The molecule has 1 fully saturated rings. The van der Waals surface area contributed by atoms with E-state index in [1.54, 1.807) is 11.3 Å². The fourth-order valence-electron chi connectivity index (χ4n) is 3.35. The number of nitrogens with zero attached hydrogens (tertiary/aromatic N) is 2. The van der Waals surface area contributed by atoms with Crippen LogP contribution < -0.4 is 5.32 Å². The van der Waals surface area contributed by atoms with Gasteiger partial charge >= 0.3 is 0 Å². The molecule has 142 valence electrons. The molecular weight excluding hydrogens is 358 g/mol. The van der Waals surface area contributed by atoms with Crippen LogP contribution in [0.5, 0.6) is 0 Å². The van der Waals surface area contributed by atoms with Crippen molar-refractivity contribution in [2.75, 3.05) is 39.0 Å². The van der Waals surface area contributed by atoms with E-state index in [9.17, 15) is 13.2 Å². The normalized spacial score (nSPS) is 18.4. The number of amides is 1. The Bertz CT molecular complexity index is 634. The lowest BCUT2D eigenvalue weighted by atomic mass is 9.97. The molecule has 6 nitrogen and oxygen atoms in total. The summed E-state index contributed by atoms with van der Waals surface area (Å²) in [5.74, 6) is -0.0550. The van der Waals surface area contributed by atoms with E-state index in [0.717, 1.165) is 13.1 Å². The van der Waals surface area contributed by atoms with Gasteiger partial charge < -0.3 is 5.32 Å². The zero-order chi connectivity index (χ0) is 18.4. The summed E-state index contributed by atoms with van der Waals surface area (Å²) in [6, 6.07) is 4.35. The highest BCUT2D eigenvalue weighted by Crippen LogP contribution is 2.25. The Kier molecular flexibility index (Phi) is 7.42. The fraction of sp³-hybridized carbons (Fsp3) is 0.706. The average molecular weight is 388 g/mol. The van der Waals surface area contributed by atoms with Gasteiger partial charge in [0.25, 0.3) is 0 Å². The van der Waals surface area contributed by atoms with Gasteiger partial charge in [0.15, 0.2) is 0 Å². The van der Waals surface area contributed by atoms with Gasteiger partial charge in [-0.2, -0.15) is 0 Å². The Morgan fingerprint density at radius 2 is 2.00 bits per heavy atom. The fourth-order valence-corrected chi connectivity index (χ4v) is 5.08. The Balaban J connectivity index is 1.91. The molecule has 0 spiro atoms. The van der Waals surface area contributed by atoms with Crippen molar-refractivity contribution in [2.24, 2.45) is 5.92 Å². The van der Waals surface area contributed by atoms with E-state index >= 15 is 0 Å². The third-order valence-corrected chi connectivity index (χ3v) is 7.16. The van der Waals surface area contributed by atoms with Crippen molar-refractivity contribution < 1.29 is 13.2 Å². The number of sulfonamides is 1. The summed E-state index contributed by atoms with van der Waals surface area (Å²) in [6.45, 7) is 7.58. The first-order chi connectivity index (χ1) is 11.9. The molecule has 1 aliphatic heterocycles. The topological polar surface area (TPSA) is 69.7 Å². The first-order valence-electron chi connectivity index (χ1n) is 8.87. The molecule has 0 radical (unpaired) electrons. The highest BCUT2D eigenvalue weighted by atomic mass is 32.2. The number of carbonyl (C=O) groups is 1. The van der Waals surface area contributed by atoms with Gasteiger partial charge in [-0.3, -0.25) is 9.69 Å². The number of thiophene rings is 1. The molecule has 0 saturated carbocycles. The number of likely N-dealkylation sites (N-methyl/N-ethyl adjacent to an activating group) is 1. The number of rotatable bonds is 8. The Morgan fingerprint density at radius 3 is 2.48 bits per heavy atom. The Hall–Kier alpha value is -0.960. The second-order valence-corrected chi connectivity index (χ2v) is 9.40. The third kappa shape index (κ3) is 5.51. The number of nitrogens with one attached hydrogen (secondary N) is 1. The predicted molar refractivity (Wildman–Crippen MR) is 102 cm³/mol. The molecular formula is C17H29N3O3S2. The molecule has 25 heavy (non-hydrogen) atoms. The molecule has 1 saturated heterocycles. The van der Waals surface area contributed by atoms with Gasteiger partial charge in [0.05, 0.1) is 12.3 Å². The van der Waals surface area contributed by atoms with E-state index in [1.807, 2.05) is 6.07 Å². The van der Waals surface area contributed by atoms with Crippen molar-refractivity contribution in [1.29, 1.82) is 0 Å². The highest BCUT2D eigenvalue weighted by Gasteiger charge is 2.29. The van der Waals surface area contributed by atoms with E-state index in [2.05, 4.69) is 35.5 Å². The summed E-state index contributed by atoms with van der Waals surface area (Å²) in [4.78, 5) is 16.1. The largest absolute Gasteiger partial charge is 0.354 e. The summed E-state index contributed by atoms with van der Waals surface area (Å²) in [5, 5.41) is 5.17. The molecule has 1 aromatic heterocycles. The Morgan fingerprint density at radius 1 is 1.36 bits per heavy atom. The predicted octanol–water partition coefficient (Wildman–Crippen LogP) is 1.92. The van der Waals surface area contributed by atoms with Crippen LogP contribution in [0.1, 0.15) is 37.6 Å². The summed E-state index contributed by atoms with van der Waals surface area (Å²) >= 11 is 1.71. The molecule has 2 heterocycles. The van der Waals surface area contributed by atoms with Crippen LogP contribution >= 0.6 is 11.3 Å². The minimum absolute atomic E-state index is 0.0434. The van der Waals surface area contributed by atoms with Crippen LogP contribution in [0.25, 0.3) is 0 Å². The molecule has 1 unspecified atom stereocenters. The van der Waals surface area contributed by atoms with Gasteiger partial charge in [-0.25, -0.2) is 12.7 Å². The quantitative estimate of drug-likeness (QED) is 0.740. The lowest BCUT2D eigenvalue weighted by molar-refractivity contribution is -0.126. The van der Waals surface area contributed by atoms with Crippen LogP contribution in [0.3, 0.4) is 0 Å². The first-order valence-corrected chi connectivity index (χ1v) is 11.6. The monoisotopic (exact) mass is 387 g/mol. The van der Waals surface area contributed by atoms with Gasteiger partial charge in [-0.1, -0.05) is 19.9 Å². The van der Waals surface area contributed by atoms with Crippen molar-refractivity contribution in [3.05, 3.63) is 22.4 Å². The molecule has 0 bridgehead atoms. The molecule has 1 aromatic rings. The maximum Gasteiger partial charge on any atom is 0.223 e. The second-order valence-electron chi connectivity index (χ2n) is 6.43. The zero-order valence-corrected chi connectivity index (χ0v) is 16.9. The lowest BCUT2D eigenvalue weighted by Gasteiger charge is -2.32. The summed E-state index contributed by atoms with van der Waals surface area (Å²) in [5.41, 5.74) is 0. The SMILES string of the molecule is CCN(CC)C(CNC(=O)C1CCN(S(C)(=O)=O)CC1)c1cccs1. The summed E-state index contributed by atoms with van der Waals surface area (Å²) in [6.07, 6.45) is 2.41. The van der Waals surface area contributed by atoms with Crippen LogP contribution in [0, 0.1) is 5.92 Å². The van der Waals surface area contributed by atoms with Crippen molar-refractivity contribution >= 4 is 27.3 Å². The van der Waals surface area contributed by atoms with E-state index < -0.39 is 10.0 Å². The number of carbonyl (C=O) groups excluding carboxylic acids is 1. The van der Waals surface area contributed by atoms with Crippen molar-refractivity contribution in [1.82, 2.24) is 14.5 Å². The minimum Gasteiger partial charge on any atom is -0.354 e. The summed E-state index contributed by atoms with van der Waals surface area (Å²) < 4.78 is 24.6. The average Bonchev–Trinajstić information content (AvgIpc) is 3.12. The zero-order valence-electron chi connectivity index (χ0n) is 15.3. The first kappa shape index (κ1) is 20.4. The maximum atomic E-state index is 12.5. The van der Waals surface area contributed by atoms with Gasteiger partial charge in [-0.15, -0.1) is 11.3 Å². The molecule has 1 atom stereocenters. The van der Waals surface area contributed by atoms with Gasteiger partial charge in [0.1, 0.15) is 0 Å². The van der Waals surface area contributed by atoms with Crippen molar-refractivity contribution in [2.45, 2.75) is 32.7 Å². The molecule has 8 heteroatoms. The second kappa shape index (κ2) is 9.12. The van der Waals surface area contributed by atoms with Crippen LogP contribution in [-0.4, -0.2) is 62.5 Å². The maximum absolute atomic E-state index is 12.5. The van der Waals surface area contributed by atoms with E-state index in [-0.39, 0.29) is 17.9 Å². The van der Waals surface area contributed by atoms with Crippen LogP contribution in [0.15, 0.2) is 17.5 Å². The number of piperidine rings is 1. The Labute approximate surface area is 155 Å². The van der Waals surface area contributed by atoms with E-state index in [1.165, 1.54) is 15.4 Å². The van der Waals surface area contributed by atoms with Gasteiger partial charge in [-0.05, 0) is 37.4 Å². The summed E-state index contributed by atoms with van der Waals surface area (Å²) in [7, 11) is -3.15.